The molecule has 7 aromatic carbocycles. The normalized spacial score (nSPS) is 18.8. The van der Waals surface area contributed by atoms with Gasteiger partial charge in [-0.15, -0.1) is 76.1 Å². The molecule has 5 fully saturated rings. The third-order valence-corrected chi connectivity index (χ3v) is 22.5. The minimum absolute atomic E-state index is 0.0744. The van der Waals surface area contributed by atoms with Crippen LogP contribution in [-0.2, 0) is 27.4 Å². The van der Waals surface area contributed by atoms with Crippen molar-refractivity contribution in [2.45, 2.75) is 235 Å². The van der Waals surface area contributed by atoms with Gasteiger partial charge in [-0.05, 0) is 283 Å². The van der Waals surface area contributed by atoms with Gasteiger partial charge < -0.3 is 59.0 Å². The predicted molar refractivity (Wildman–Crippen MR) is 445 cm³/mol. The van der Waals surface area contributed by atoms with E-state index in [0.29, 0.717) is 49.4 Å². The first-order valence-electron chi connectivity index (χ1n) is 42.1. The largest absolute Gasteiger partial charge is 0.573 e. The van der Waals surface area contributed by atoms with Crippen molar-refractivity contribution in [1.29, 1.82) is 0 Å². The zero-order chi connectivity index (χ0) is 92.4. The van der Waals surface area contributed by atoms with Crippen LogP contribution in [0.15, 0.2) is 182 Å². The molecule has 5 aliphatic rings. The Morgan fingerprint density at radius 2 is 0.609 bits per heavy atom. The zero-order valence-electron chi connectivity index (χ0n) is 70.8. The van der Waals surface area contributed by atoms with Gasteiger partial charge in [0.1, 0.15) is 46.0 Å². The van der Waals surface area contributed by atoms with E-state index in [9.17, 15) is 80.2 Å². The Balaban J connectivity index is 0.000000174. The van der Waals surface area contributed by atoms with Gasteiger partial charge in [0.25, 0.3) is 0 Å². The van der Waals surface area contributed by atoms with Crippen LogP contribution in [0.5, 0.6) is 40.2 Å². The SMILES string of the molecule is C=C1CCC(c2ccc(OC(F)(F)F)cc2)CC1.CCOC(=O)c1nnn(Cc2ccc(OC)cc2)c1NC1CCC(c2ccc(OC(F)(F)F)cc2)CC1.CCOC(=O)c1nnn(Cc2ccc(OC)cc2)c1NC1CCC(c2ccc(OC(F)(F)F)cc2)CC1.NC1CCC(c2ccc(OC(F)(F)F)cc2)CC1.O=C1CCC(c2ccc(OC(F)(F)F)cc2)CC1. The van der Waals surface area contributed by atoms with Gasteiger partial charge in [0.2, 0.25) is 11.4 Å². The van der Waals surface area contributed by atoms with E-state index >= 15 is 0 Å². The summed E-state index contributed by atoms with van der Waals surface area (Å²) < 4.78 is 226. The van der Waals surface area contributed by atoms with Crippen LogP contribution in [0.3, 0.4) is 0 Å². The number of anilines is 2. The molecule has 4 N–H and O–H groups in total. The Labute approximate surface area is 730 Å². The number of alkyl halides is 15. The van der Waals surface area contributed by atoms with Crippen molar-refractivity contribution in [1.82, 2.24) is 30.0 Å². The first-order chi connectivity index (χ1) is 60.8. The van der Waals surface area contributed by atoms with Crippen molar-refractivity contribution in [3.05, 3.63) is 232 Å². The van der Waals surface area contributed by atoms with Crippen LogP contribution in [0.2, 0.25) is 0 Å². The highest BCUT2D eigenvalue weighted by Crippen LogP contribution is 2.42. The third kappa shape index (κ3) is 32.2. The number of ether oxygens (including phenoxy) is 9. The molecule has 21 nitrogen and oxygen atoms in total. The third-order valence-electron chi connectivity index (χ3n) is 22.5. The van der Waals surface area contributed by atoms with Crippen LogP contribution in [0.1, 0.15) is 232 Å². The van der Waals surface area contributed by atoms with E-state index in [2.05, 4.69) is 61.5 Å². The monoisotopic (exact) mass is 1810 g/mol. The topological polar surface area (TPSA) is 246 Å². The fourth-order valence-electron chi connectivity index (χ4n) is 15.9. The van der Waals surface area contributed by atoms with Gasteiger partial charge in [0.15, 0.2) is 11.6 Å². The molecule has 5 saturated carbocycles. The second kappa shape index (κ2) is 45.8. The van der Waals surface area contributed by atoms with Gasteiger partial charge in [0.05, 0.1) is 40.5 Å². The molecule has 9 aromatic rings. The smallest absolute Gasteiger partial charge is 0.497 e. The molecule has 0 saturated heterocycles. The number of nitrogens with zero attached hydrogens (tertiary/aromatic N) is 6. The number of rotatable bonds is 24. The summed E-state index contributed by atoms with van der Waals surface area (Å²) in [7, 11) is 3.21. The second-order valence-electron chi connectivity index (χ2n) is 31.4. The molecule has 36 heteroatoms. The number of nitrogens with two attached hydrogens (primary N) is 1. The fraction of sp³-hybridized carbons (Fsp3) is 0.446. The first kappa shape index (κ1) is 98.5. The Morgan fingerprint density at radius 3 is 0.859 bits per heavy atom. The summed E-state index contributed by atoms with van der Waals surface area (Å²) in [6.07, 6.45) is -6.03. The molecule has 0 spiro atoms. The average molecular weight is 1810 g/mol. The lowest BCUT2D eigenvalue weighted by Crippen LogP contribution is -2.28. The van der Waals surface area contributed by atoms with Crippen LogP contribution in [-0.4, -0.2) is 125 Å². The van der Waals surface area contributed by atoms with Gasteiger partial charge in [-0.25, -0.2) is 19.0 Å². The molecule has 692 valence electrons. The number of benzene rings is 7. The van der Waals surface area contributed by atoms with E-state index in [1.807, 2.05) is 48.5 Å². The number of Topliss-reactive ketones (excluding diaryl/α,β-unsaturated/α-hetero) is 1. The summed E-state index contributed by atoms with van der Waals surface area (Å²) in [5.74, 6) is 2.24. The molecule has 0 amide bonds. The number of nitrogens with one attached hydrogen (secondary N) is 2. The van der Waals surface area contributed by atoms with Gasteiger partial charge in [0, 0.05) is 31.0 Å². The maximum atomic E-state index is 12.5. The average Bonchev–Trinajstić information content (AvgIpc) is 1.66. The highest BCUT2D eigenvalue weighted by atomic mass is 19.4. The fourth-order valence-corrected chi connectivity index (χ4v) is 15.9. The Morgan fingerprint density at radius 1 is 0.367 bits per heavy atom. The van der Waals surface area contributed by atoms with Crippen molar-refractivity contribution in [3.8, 4) is 40.2 Å². The number of carbonyl (C=O) groups excluding carboxylic acids is 3. The number of esters is 2. The highest BCUT2D eigenvalue weighted by molar-refractivity contribution is 5.93. The van der Waals surface area contributed by atoms with Gasteiger partial charge in [-0.3, -0.25) is 4.79 Å². The molecule has 0 radical (unpaired) electrons. The quantitative estimate of drug-likeness (QED) is 0.0289. The van der Waals surface area contributed by atoms with E-state index < -0.39 is 43.8 Å². The maximum absolute atomic E-state index is 12.5. The molecule has 128 heavy (non-hydrogen) atoms. The molecule has 0 aliphatic heterocycles. The van der Waals surface area contributed by atoms with E-state index in [1.165, 1.54) is 66.2 Å². The van der Waals surface area contributed by atoms with Gasteiger partial charge >= 0.3 is 43.8 Å². The summed E-state index contributed by atoms with van der Waals surface area (Å²) in [6.45, 7) is 8.67. The summed E-state index contributed by atoms with van der Waals surface area (Å²) in [4.78, 5) is 36.2. The minimum atomic E-state index is -4.71. The Kier molecular flexibility index (Phi) is 35.2. The molecule has 0 bridgehead atoms. The number of hydrogen-bond acceptors (Lipinski definition) is 19. The summed E-state index contributed by atoms with van der Waals surface area (Å²) in [5.41, 5.74) is 14.4. The number of allylic oxidation sites excluding steroid dienone is 1. The highest BCUT2D eigenvalue weighted by Gasteiger charge is 2.37. The van der Waals surface area contributed by atoms with Crippen LogP contribution < -0.4 is 49.5 Å². The molecule has 2 heterocycles. The van der Waals surface area contributed by atoms with Crippen molar-refractivity contribution in [2.24, 2.45) is 5.73 Å². The maximum Gasteiger partial charge on any atom is 0.573 e. The van der Waals surface area contributed by atoms with E-state index in [0.717, 1.165) is 166 Å². The predicted octanol–water partition coefficient (Wildman–Crippen LogP) is 23.3. The summed E-state index contributed by atoms with van der Waals surface area (Å²) in [5, 5.41) is 23.5. The van der Waals surface area contributed by atoms with Crippen LogP contribution in [0.25, 0.3) is 0 Å². The molecule has 0 atom stereocenters. The number of aromatic nitrogens is 6. The number of carbonyl (C=O) groups is 3. The van der Waals surface area contributed by atoms with Gasteiger partial charge in [-0.2, -0.15) is 0 Å². The molecular formula is C92H102F15N9O12. The molecular weight excluding hydrogens is 1710 g/mol. The Hall–Kier alpha value is -11.7. The second-order valence-corrected chi connectivity index (χ2v) is 31.4. The molecule has 14 rings (SSSR count). The molecule has 5 aliphatic carbocycles. The number of methoxy groups -OCH3 is 2. The van der Waals surface area contributed by atoms with E-state index in [4.69, 9.17) is 24.7 Å². The van der Waals surface area contributed by atoms with Crippen LogP contribution >= 0.6 is 0 Å². The zero-order valence-corrected chi connectivity index (χ0v) is 70.8. The summed E-state index contributed by atoms with van der Waals surface area (Å²) in [6, 6.07) is 46.0. The lowest BCUT2D eigenvalue weighted by molar-refractivity contribution is -0.275. The number of ketones is 1. The standard InChI is InChI=1S/2C26H29F3N4O4.C14H15F3O.C13H16F3NO.C13H13F3O2/c2*1-3-36-25(34)23-24(33(32-31-23)16-17-4-12-21(35-2)13-5-17)30-20-10-6-18(7-11-20)19-8-14-22(15-9-19)37-26(27,28)29;1-10-2-4-11(5-3-10)12-6-8-13(9-7-12)18-14(15,16)17;2*14-13(15,16)18-12-7-3-10(4-8-12)9-1-5-11(17)6-2-9/h2*4-5,8-9,12-15,18,20,30H,3,6-7,10-11,16H2,1-2H3;6-9,11H,1-5H2;3-4,7-9,11H,1-2,5-6,17H2;3-4,7-9H,1-2,5-6H2. The van der Waals surface area contributed by atoms with Crippen molar-refractivity contribution in [3.63, 3.8) is 0 Å². The van der Waals surface area contributed by atoms with Crippen molar-refractivity contribution in [2.75, 3.05) is 38.1 Å². The lowest BCUT2D eigenvalue weighted by Gasteiger charge is -2.30. The summed E-state index contributed by atoms with van der Waals surface area (Å²) >= 11 is 0. The van der Waals surface area contributed by atoms with E-state index in [-0.39, 0.29) is 95.0 Å². The van der Waals surface area contributed by atoms with Crippen LogP contribution in [0.4, 0.5) is 77.5 Å². The molecule has 0 unspecified atom stereocenters. The number of halogens is 15. The number of hydrogen-bond donors (Lipinski definition) is 3. The lowest BCUT2D eigenvalue weighted by atomic mass is 9.81. The van der Waals surface area contributed by atoms with Crippen LogP contribution in [0, 0.1) is 0 Å². The molecule has 2 aromatic heterocycles. The first-order valence-corrected chi connectivity index (χ1v) is 42.1. The van der Waals surface area contributed by atoms with Crippen molar-refractivity contribution >= 4 is 29.4 Å². The van der Waals surface area contributed by atoms with E-state index in [1.54, 1.807) is 98.1 Å². The Bertz CT molecular complexity index is 4640. The minimum Gasteiger partial charge on any atom is -0.497 e. The van der Waals surface area contributed by atoms with Crippen molar-refractivity contribution < 1.29 is 123 Å². The van der Waals surface area contributed by atoms with Gasteiger partial charge in [-0.1, -0.05) is 108 Å².